The minimum Gasteiger partial charge on any atom is -0.340 e. The number of nitrogens with one attached hydrogen (secondary N) is 1. The van der Waals surface area contributed by atoms with Crippen molar-refractivity contribution in [2.24, 2.45) is 0 Å². The molecule has 1 unspecified atom stereocenters. The van der Waals surface area contributed by atoms with Crippen LogP contribution in [0.25, 0.3) is 11.0 Å². The number of rotatable bonds is 5. The van der Waals surface area contributed by atoms with Gasteiger partial charge in [0.2, 0.25) is 0 Å². The van der Waals surface area contributed by atoms with Gasteiger partial charge in [-0.15, -0.1) is 0 Å². The van der Waals surface area contributed by atoms with Gasteiger partial charge in [-0.3, -0.25) is 3.97 Å². The fraction of sp³-hybridized carbons (Fsp3) is 0.154. The van der Waals surface area contributed by atoms with Gasteiger partial charge in [0.25, 0.3) is 0 Å². The predicted octanol–water partition coefficient (Wildman–Crippen LogP) is 3.25. The van der Waals surface area contributed by atoms with E-state index in [1.165, 1.54) is 0 Å². The van der Waals surface area contributed by atoms with Crippen LogP contribution in [0.5, 0.6) is 0 Å². The maximum atomic E-state index is 4.37. The van der Waals surface area contributed by atoms with E-state index in [4.69, 9.17) is 0 Å². The van der Waals surface area contributed by atoms with Crippen LogP contribution in [0.15, 0.2) is 48.1 Å². The Kier molecular flexibility index (Phi) is 3.79. The first-order valence-corrected chi connectivity index (χ1v) is 7.69. The molecule has 0 saturated heterocycles. The van der Waals surface area contributed by atoms with Crippen molar-refractivity contribution < 1.29 is 0 Å². The molecule has 0 aliphatic carbocycles. The normalized spacial score (nSPS) is 12.9. The number of benzene rings is 1. The Morgan fingerprint density at radius 2 is 2.21 bits per heavy atom. The van der Waals surface area contributed by atoms with Crippen molar-refractivity contribution in [2.45, 2.75) is 10.4 Å². The third-order valence-corrected chi connectivity index (χ3v) is 4.85. The number of para-hydroxylation sites is 2. The number of fused-ring (bicyclic) bond motifs is 1. The Morgan fingerprint density at radius 1 is 1.32 bits per heavy atom. The van der Waals surface area contributed by atoms with Crippen molar-refractivity contribution >= 4 is 34.7 Å². The molecule has 1 N–H and O–H groups in total. The zero-order valence-corrected chi connectivity index (χ0v) is 11.8. The Balaban J connectivity index is 1.62. The lowest BCUT2D eigenvalue weighted by Crippen LogP contribution is -2.03. The molecule has 0 aliphatic heterocycles. The topological polar surface area (TPSA) is 46.5 Å². The molecule has 2 heterocycles. The third kappa shape index (κ3) is 2.96. The average Bonchev–Trinajstić information content (AvgIpc) is 3.05. The summed E-state index contributed by atoms with van der Waals surface area (Å²) in [6.07, 6.45) is 5.44. The van der Waals surface area contributed by atoms with Gasteiger partial charge < -0.3 is 4.98 Å². The second kappa shape index (κ2) is 5.71. The van der Waals surface area contributed by atoms with Crippen LogP contribution in [0.2, 0.25) is 0 Å². The monoisotopic (exact) mass is 289 g/mol. The van der Waals surface area contributed by atoms with Crippen LogP contribution in [0.4, 0.5) is 0 Å². The van der Waals surface area contributed by atoms with Crippen molar-refractivity contribution in [2.75, 3.05) is 5.75 Å². The van der Waals surface area contributed by atoms with Crippen LogP contribution in [0.3, 0.4) is 0 Å². The number of imidazole rings is 2. The molecule has 2 aromatic heterocycles. The van der Waals surface area contributed by atoms with Crippen LogP contribution in [0, 0.1) is 6.92 Å². The number of hydrogen-bond donors (Lipinski definition) is 1. The predicted molar refractivity (Wildman–Crippen MR) is 81.2 cm³/mol. The standard InChI is InChI=1S/C13H13N4S2/c1-10(19-13-14-6-7-15-13)8-18-17-9-16-11-4-2-3-5-12(11)17/h2-7,9-10H,1,8H2,(H,14,15). The van der Waals surface area contributed by atoms with Crippen molar-refractivity contribution in [3.05, 3.63) is 49.9 Å². The fourth-order valence-electron chi connectivity index (χ4n) is 1.71. The van der Waals surface area contributed by atoms with Crippen LogP contribution in [-0.2, 0) is 0 Å². The van der Waals surface area contributed by atoms with Gasteiger partial charge in [0, 0.05) is 23.4 Å². The van der Waals surface area contributed by atoms with E-state index in [0.717, 1.165) is 21.9 Å². The Morgan fingerprint density at radius 3 is 3.05 bits per heavy atom. The maximum Gasteiger partial charge on any atom is 0.165 e. The first-order chi connectivity index (χ1) is 9.33. The van der Waals surface area contributed by atoms with Gasteiger partial charge in [-0.05, 0) is 31.0 Å². The van der Waals surface area contributed by atoms with Crippen molar-refractivity contribution in [1.82, 2.24) is 18.9 Å². The second-order valence-corrected chi connectivity index (χ2v) is 6.26. The Labute approximate surface area is 120 Å². The summed E-state index contributed by atoms with van der Waals surface area (Å²) in [6, 6.07) is 8.13. The molecule has 0 bridgehead atoms. The molecule has 1 atom stereocenters. The SMILES string of the molecule is [CH2]C(CSn1cnc2ccccc21)Sc1ncc[nH]1. The summed E-state index contributed by atoms with van der Waals surface area (Å²) in [5, 5.41) is 1.15. The minimum absolute atomic E-state index is 0.234. The van der Waals surface area contributed by atoms with Gasteiger partial charge in [0.15, 0.2) is 5.16 Å². The molecule has 3 aromatic rings. The highest BCUT2D eigenvalue weighted by Crippen LogP contribution is 2.24. The van der Waals surface area contributed by atoms with Gasteiger partial charge in [0.05, 0.1) is 11.0 Å². The van der Waals surface area contributed by atoms with Gasteiger partial charge in [-0.25, -0.2) is 9.97 Å². The summed E-state index contributed by atoms with van der Waals surface area (Å²) in [5.74, 6) is 0.895. The smallest absolute Gasteiger partial charge is 0.165 e. The van der Waals surface area contributed by atoms with Gasteiger partial charge in [-0.2, -0.15) is 0 Å². The third-order valence-electron chi connectivity index (χ3n) is 2.57. The minimum atomic E-state index is 0.234. The maximum absolute atomic E-state index is 4.37. The van der Waals surface area contributed by atoms with Crippen LogP contribution in [-0.4, -0.2) is 29.9 Å². The molecule has 19 heavy (non-hydrogen) atoms. The lowest BCUT2D eigenvalue weighted by molar-refractivity contribution is 1.05. The zero-order valence-electron chi connectivity index (χ0n) is 10.2. The summed E-state index contributed by atoms with van der Waals surface area (Å²) >= 11 is 3.36. The first-order valence-electron chi connectivity index (χ1n) is 5.87. The lowest BCUT2D eigenvalue weighted by Gasteiger charge is -2.09. The van der Waals surface area contributed by atoms with E-state index in [-0.39, 0.29) is 5.25 Å². The van der Waals surface area contributed by atoms with Crippen molar-refractivity contribution in [3.63, 3.8) is 0 Å². The highest BCUT2D eigenvalue weighted by Gasteiger charge is 2.08. The quantitative estimate of drug-likeness (QED) is 0.732. The second-order valence-electron chi connectivity index (χ2n) is 3.99. The van der Waals surface area contributed by atoms with E-state index in [0.29, 0.717) is 0 Å². The zero-order chi connectivity index (χ0) is 13.1. The van der Waals surface area contributed by atoms with Crippen LogP contribution < -0.4 is 0 Å². The number of thioether (sulfide) groups is 1. The number of nitrogens with zero attached hydrogens (tertiary/aromatic N) is 3. The van der Waals surface area contributed by atoms with E-state index >= 15 is 0 Å². The Bertz CT molecular complexity index is 648. The number of aromatic nitrogens is 4. The molecule has 0 amide bonds. The largest absolute Gasteiger partial charge is 0.340 e. The van der Waals surface area contributed by atoms with Crippen molar-refractivity contribution in [1.29, 1.82) is 0 Å². The molecule has 97 valence electrons. The number of aromatic amines is 1. The molecule has 6 heteroatoms. The van der Waals surface area contributed by atoms with E-state index < -0.39 is 0 Å². The number of H-pyrrole nitrogens is 1. The first kappa shape index (κ1) is 12.6. The summed E-state index contributed by atoms with van der Waals surface area (Å²) in [5.41, 5.74) is 2.16. The van der Waals surface area contributed by atoms with E-state index in [9.17, 15) is 0 Å². The summed E-state index contributed by atoms with van der Waals surface area (Å²) in [6.45, 7) is 4.14. The molecule has 0 fully saturated rings. The highest BCUT2D eigenvalue weighted by atomic mass is 32.2. The van der Waals surface area contributed by atoms with E-state index in [2.05, 4.69) is 31.9 Å². The lowest BCUT2D eigenvalue weighted by atomic mass is 10.3. The molecule has 3 rings (SSSR count). The van der Waals surface area contributed by atoms with Gasteiger partial charge >= 0.3 is 0 Å². The molecule has 0 spiro atoms. The molecule has 0 saturated carbocycles. The molecule has 1 radical (unpaired) electrons. The molecular formula is C13H13N4S2. The molecular weight excluding hydrogens is 276 g/mol. The number of hydrogen-bond acceptors (Lipinski definition) is 4. The molecule has 0 aliphatic rings. The van der Waals surface area contributed by atoms with Crippen molar-refractivity contribution in [3.8, 4) is 0 Å². The van der Waals surface area contributed by atoms with Crippen LogP contribution in [0.1, 0.15) is 0 Å². The van der Waals surface area contributed by atoms with Crippen LogP contribution >= 0.6 is 23.7 Å². The summed E-state index contributed by atoms with van der Waals surface area (Å²) in [4.78, 5) is 11.6. The molecule has 1 aromatic carbocycles. The fourth-order valence-corrected chi connectivity index (χ4v) is 3.47. The van der Waals surface area contributed by atoms with E-state index in [1.807, 2.05) is 30.7 Å². The Hall–Kier alpha value is -1.40. The average molecular weight is 289 g/mol. The van der Waals surface area contributed by atoms with Gasteiger partial charge in [-0.1, -0.05) is 23.9 Å². The summed E-state index contributed by atoms with van der Waals surface area (Å²) in [7, 11) is 0. The van der Waals surface area contributed by atoms with E-state index in [1.54, 1.807) is 29.9 Å². The highest BCUT2D eigenvalue weighted by molar-refractivity contribution is 8.02. The molecule has 4 nitrogen and oxygen atoms in total. The summed E-state index contributed by atoms with van der Waals surface area (Å²) < 4.78 is 2.09. The van der Waals surface area contributed by atoms with Gasteiger partial charge in [0.1, 0.15) is 6.33 Å².